The number of piperidine rings is 1. The predicted molar refractivity (Wildman–Crippen MR) is 156 cm³/mol. The van der Waals surface area contributed by atoms with E-state index in [0.29, 0.717) is 43.1 Å². The second-order valence-corrected chi connectivity index (χ2v) is 13.0. The summed E-state index contributed by atoms with van der Waals surface area (Å²) < 4.78 is 36.1. The molecule has 214 valence electrons. The van der Waals surface area contributed by atoms with Gasteiger partial charge in [0, 0.05) is 43.6 Å². The van der Waals surface area contributed by atoms with E-state index in [1.54, 1.807) is 39.4 Å². The van der Waals surface area contributed by atoms with E-state index in [-0.39, 0.29) is 28.4 Å². The van der Waals surface area contributed by atoms with Crippen LogP contribution in [0.3, 0.4) is 0 Å². The average Bonchev–Trinajstić information content (AvgIpc) is 3.65. The number of carbonyl (C=O) groups excluding carboxylic acids is 1. The Bertz CT molecular complexity index is 1560. The first-order valence-corrected chi connectivity index (χ1v) is 15.5. The van der Waals surface area contributed by atoms with E-state index < -0.39 is 15.9 Å². The molecule has 0 spiro atoms. The lowest BCUT2D eigenvalue weighted by molar-refractivity contribution is -0.117. The maximum atomic E-state index is 13.6. The summed E-state index contributed by atoms with van der Waals surface area (Å²) in [5.41, 5.74) is 2.27. The van der Waals surface area contributed by atoms with Crippen molar-refractivity contribution in [3.05, 3.63) is 71.9 Å². The molecule has 41 heavy (non-hydrogen) atoms. The van der Waals surface area contributed by atoms with Crippen molar-refractivity contribution in [2.75, 3.05) is 26.2 Å². The normalized spacial score (nSPS) is 21.9. The molecule has 2 fully saturated rings. The smallest absolute Gasteiger partial charge is 0.262 e. The van der Waals surface area contributed by atoms with Gasteiger partial charge in [0.05, 0.1) is 16.7 Å². The number of nitrogens with one attached hydrogen (secondary N) is 1. The molecule has 1 aromatic heterocycles. The third-order valence-corrected chi connectivity index (χ3v) is 9.35. The zero-order chi connectivity index (χ0) is 29.0. The maximum absolute atomic E-state index is 13.6. The highest BCUT2D eigenvalue weighted by atomic mass is 32.2. The molecular formula is C31H35N5O4S. The van der Waals surface area contributed by atoms with Crippen molar-refractivity contribution in [2.24, 2.45) is 11.8 Å². The van der Waals surface area contributed by atoms with Crippen molar-refractivity contribution in [2.45, 2.75) is 44.1 Å². The minimum Gasteiger partial charge on any atom is -0.376 e. The van der Waals surface area contributed by atoms with Gasteiger partial charge in [-0.3, -0.25) is 4.79 Å². The summed E-state index contributed by atoms with van der Waals surface area (Å²) in [6, 6.07) is 18.2. The minimum atomic E-state index is -3.72. The first-order chi connectivity index (χ1) is 19.7. The monoisotopic (exact) mass is 573 g/mol. The van der Waals surface area contributed by atoms with Crippen molar-refractivity contribution in [1.82, 2.24) is 19.4 Å². The lowest BCUT2D eigenvalue weighted by Crippen LogP contribution is -2.42. The average molecular weight is 574 g/mol. The van der Waals surface area contributed by atoms with Crippen LogP contribution in [0, 0.1) is 23.2 Å². The molecule has 1 amide bonds. The van der Waals surface area contributed by atoms with E-state index in [1.807, 2.05) is 36.4 Å². The molecule has 2 aliphatic heterocycles. The lowest BCUT2D eigenvalue weighted by atomic mass is 9.94. The van der Waals surface area contributed by atoms with E-state index in [4.69, 9.17) is 9.84 Å². The van der Waals surface area contributed by atoms with Crippen LogP contribution in [0.2, 0.25) is 0 Å². The molecule has 3 aromatic rings. The van der Waals surface area contributed by atoms with Gasteiger partial charge in [0.1, 0.15) is 17.3 Å². The Hall–Kier alpha value is -3.78. The fraction of sp³-hybridized carbons (Fsp3) is 0.387. The molecule has 0 bridgehead atoms. The summed E-state index contributed by atoms with van der Waals surface area (Å²) in [5.74, 6) is 0.0719. The molecule has 1 N–H and O–H groups in total. The van der Waals surface area contributed by atoms with Crippen LogP contribution >= 0.6 is 0 Å². The Balaban J connectivity index is 1.51. The number of rotatable bonds is 8. The van der Waals surface area contributed by atoms with E-state index in [0.717, 1.165) is 24.9 Å². The highest BCUT2D eigenvalue weighted by Gasteiger charge is 2.32. The number of hydrogen-bond acceptors (Lipinski definition) is 6. The molecule has 0 radical (unpaired) electrons. The number of para-hydroxylation sites is 1. The van der Waals surface area contributed by atoms with E-state index in [9.17, 15) is 18.5 Å². The van der Waals surface area contributed by atoms with Crippen LogP contribution in [0.15, 0.2) is 71.3 Å². The van der Waals surface area contributed by atoms with Crippen molar-refractivity contribution in [1.29, 1.82) is 5.26 Å². The molecule has 2 aromatic carbocycles. The molecular weight excluding hydrogens is 538 g/mol. The van der Waals surface area contributed by atoms with E-state index in [2.05, 4.69) is 19.2 Å². The second kappa shape index (κ2) is 12.4. The number of nitriles is 1. The Morgan fingerprint density at radius 1 is 1.15 bits per heavy atom. The number of hydrogen-bond donors (Lipinski definition) is 1. The molecule has 5 rings (SSSR count). The van der Waals surface area contributed by atoms with Gasteiger partial charge in [-0.25, -0.2) is 13.1 Å². The second-order valence-electron chi connectivity index (χ2n) is 11.0. The summed E-state index contributed by atoms with van der Waals surface area (Å²) in [4.78, 5) is 13.1. The number of ether oxygens (including phenoxy) is 1. The van der Waals surface area contributed by atoms with Gasteiger partial charge in [0.25, 0.3) is 5.91 Å². The van der Waals surface area contributed by atoms with Crippen LogP contribution in [0.25, 0.3) is 23.0 Å². The topological polar surface area (TPSA) is 117 Å². The highest BCUT2D eigenvalue weighted by Crippen LogP contribution is 2.31. The third-order valence-electron chi connectivity index (χ3n) is 7.52. The van der Waals surface area contributed by atoms with Gasteiger partial charge in [-0.2, -0.15) is 14.7 Å². The Morgan fingerprint density at radius 2 is 1.90 bits per heavy atom. The summed E-state index contributed by atoms with van der Waals surface area (Å²) in [7, 11) is -3.72. The van der Waals surface area contributed by atoms with Crippen LogP contribution < -0.4 is 5.32 Å². The molecule has 2 aliphatic rings. The van der Waals surface area contributed by atoms with Crippen LogP contribution in [-0.2, 0) is 19.6 Å². The largest absolute Gasteiger partial charge is 0.376 e. The Kier molecular flexibility index (Phi) is 8.68. The summed E-state index contributed by atoms with van der Waals surface area (Å²) >= 11 is 0. The summed E-state index contributed by atoms with van der Waals surface area (Å²) in [6.07, 6.45) is 6.02. The lowest BCUT2D eigenvalue weighted by Gasteiger charge is -2.34. The SMILES string of the molecule is CC1CC(C)CN(S(=O)(=O)c2cccc(-c3nn(-c4ccccc4)cc3C=C(C#N)C(=O)NCC3CCCO3)c2)C1. The highest BCUT2D eigenvalue weighted by molar-refractivity contribution is 7.89. The summed E-state index contributed by atoms with van der Waals surface area (Å²) in [6.45, 7) is 6.14. The zero-order valence-electron chi connectivity index (χ0n) is 23.4. The Labute approximate surface area is 241 Å². The number of carbonyl (C=O) groups is 1. The molecule has 3 heterocycles. The first-order valence-electron chi connectivity index (χ1n) is 14.0. The van der Waals surface area contributed by atoms with Gasteiger partial charge < -0.3 is 10.1 Å². The number of sulfonamides is 1. The predicted octanol–water partition coefficient (Wildman–Crippen LogP) is 4.41. The first kappa shape index (κ1) is 28.7. The molecule has 3 atom stereocenters. The molecule has 3 unspecified atom stereocenters. The quantitative estimate of drug-likeness (QED) is 0.315. The van der Waals surface area contributed by atoms with Gasteiger partial charge in [-0.15, -0.1) is 0 Å². The van der Waals surface area contributed by atoms with Crippen molar-refractivity contribution in [3.8, 4) is 23.0 Å². The minimum absolute atomic E-state index is 0.0501. The zero-order valence-corrected chi connectivity index (χ0v) is 24.2. The van der Waals surface area contributed by atoms with Gasteiger partial charge >= 0.3 is 0 Å². The fourth-order valence-corrected chi connectivity index (χ4v) is 7.32. The van der Waals surface area contributed by atoms with Gasteiger partial charge in [-0.1, -0.05) is 44.2 Å². The molecule has 0 aliphatic carbocycles. The Morgan fingerprint density at radius 3 is 2.59 bits per heavy atom. The maximum Gasteiger partial charge on any atom is 0.262 e. The van der Waals surface area contributed by atoms with E-state index in [1.165, 1.54) is 6.08 Å². The molecule has 0 saturated carbocycles. The number of aromatic nitrogens is 2. The number of nitrogens with zero attached hydrogens (tertiary/aromatic N) is 4. The van der Waals surface area contributed by atoms with Crippen molar-refractivity contribution < 1.29 is 17.9 Å². The summed E-state index contributed by atoms with van der Waals surface area (Å²) in [5, 5.41) is 17.4. The van der Waals surface area contributed by atoms with Crippen LogP contribution in [0.4, 0.5) is 0 Å². The van der Waals surface area contributed by atoms with Crippen LogP contribution in [-0.4, -0.2) is 60.8 Å². The molecule has 9 nitrogen and oxygen atoms in total. The fourth-order valence-electron chi connectivity index (χ4n) is 5.60. The van der Waals surface area contributed by atoms with Crippen LogP contribution in [0.1, 0.15) is 38.7 Å². The van der Waals surface area contributed by atoms with Gasteiger partial charge in [0.2, 0.25) is 10.0 Å². The van der Waals surface area contributed by atoms with Gasteiger partial charge in [-0.05, 0) is 61.4 Å². The van der Waals surface area contributed by atoms with E-state index >= 15 is 0 Å². The van der Waals surface area contributed by atoms with Gasteiger partial charge in [0.15, 0.2) is 0 Å². The standard InChI is InChI=1S/C31H35N5O4S/c1-22-14-23(2)20-35(19-22)41(38,39)29-12-6-8-24(16-29)30-26(21-36(34-30)27-9-4-3-5-10-27)15-25(17-32)31(37)33-18-28-11-7-13-40-28/h3-6,8-10,12,15-16,21-23,28H,7,11,13-14,18-20H2,1-2H3,(H,33,37). The molecule has 2 saturated heterocycles. The van der Waals surface area contributed by atoms with Crippen molar-refractivity contribution in [3.63, 3.8) is 0 Å². The number of benzene rings is 2. The molecule has 10 heteroatoms. The number of amides is 1. The third kappa shape index (κ3) is 6.59. The van der Waals surface area contributed by atoms with Crippen molar-refractivity contribution >= 4 is 22.0 Å². The van der Waals surface area contributed by atoms with Crippen LogP contribution in [0.5, 0.6) is 0 Å².